The van der Waals surface area contributed by atoms with Gasteiger partial charge in [0.05, 0.1) is 12.2 Å². The van der Waals surface area contributed by atoms with Gasteiger partial charge in [-0.2, -0.15) is 0 Å². The Morgan fingerprint density at radius 3 is 2.59 bits per heavy atom. The van der Waals surface area contributed by atoms with E-state index in [1.54, 1.807) is 11.3 Å². The van der Waals surface area contributed by atoms with Crippen LogP contribution in [0.5, 0.6) is 5.75 Å². The van der Waals surface area contributed by atoms with Gasteiger partial charge in [-0.3, -0.25) is 4.79 Å². The van der Waals surface area contributed by atoms with Crippen molar-refractivity contribution in [3.63, 3.8) is 0 Å². The highest BCUT2D eigenvalue weighted by atomic mass is 32.1. The Hall–Kier alpha value is -2.66. The second kappa shape index (κ2) is 9.70. The molecule has 5 heteroatoms. The van der Waals surface area contributed by atoms with Crippen molar-refractivity contribution in [1.82, 2.24) is 9.88 Å². The van der Waals surface area contributed by atoms with Gasteiger partial charge in [-0.25, -0.2) is 4.98 Å². The predicted octanol–water partition coefficient (Wildman–Crippen LogP) is 5.78. The predicted molar refractivity (Wildman–Crippen MR) is 118 cm³/mol. The molecule has 0 N–H and O–H groups in total. The SMILES string of the molecule is CCC(C)N(Cc1csc(COc2ccc(C)cc2)n1)C(=O)c1cccc(C)c1. The smallest absolute Gasteiger partial charge is 0.254 e. The molecule has 1 unspecified atom stereocenters. The largest absolute Gasteiger partial charge is 0.486 e. The highest BCUT2D eigenvalue weighted by Crippen LogP contribution is 2.20. The Labute approximate surface area is 177 Å². The van der Waals surface area contributed by atoms with Gasteiger partial charge in [-0.1, -0.05) is 42.3 Å². The summed E-state index contributed by atoms with van der Waals surface area (Å²) < 4.78 is 5.83. The van der Waals surface area contributed by atoms with E-state index in [0.29, 0.717) is 13.2 Å². The van der Waals surface area contributed by atoms with Crippen LogP contribution in [0.4, 0.5) is 0 Å². The van der Waals surface area contributed by atoms with E-state index in [0.717, 1.165) is 34.0 Å². The molecule has 0 aliphatic rings. The zero-order chi connectivity index (χ0) is 20.8. The van der Waals surface area contributed by atoms with Gasteiger partial charge < -0.3 is 9.64 Å². The molecule has 2 aromatic carbocycles. The van der Waals surface area contributed by atoms with E-state index in [2.05, 4.69) is 20.8 Å². The minimum absolute atomic E-state index is 0.0495. The van der Waals surface area contributed by atoms with Gasteiger partial charge in [-0.15, -0.1) is 11.3 Å². The van der Waals surface area contributed by atoms with Crippen molar-refractivity contribution in [2.75, 3.05) is 0 Å². The van der Waals surface area contributed by atoms with Gasteiger partial charge >= 0.3 is 0 Å². The lowest BCUT2D eigenvalue weighted by molar-refractivity contribution is 0.0669. The third-order valence-corrected chi connectivity index (χ3v) is 5.83. The third-order valence-electron chi connectivity index (χ3n) is 4.96. The van der Waals surface area contributed by atoms with Gasteiger partial charge in [0.25, 0.3) is 5.91 Å². The normalized spacial score (nSPS) is 11.9. The topological polar surface area (TPSA) is 42.4 Å². The molecule has 0 spiro atoms. The minimum atomic E-state index is 0.0495. The standard InChI is InChI=1S/C24H28N2O2S/c1-5-19(4)26(24(27)20-8-6-7-18(3)13-20)14-21-16-29-23(25-21)15-28-22-11-9-17(2)10-12-22/h6-13,16,19H,5,14-15H2,1-4H3. The summed E-state index contributed by atoms with van der Waals surface area (Å²) in [5.41, 5.74) is 3.92. The first-order valence-electron chi connectivity index (χ1n) is 9.96. The molecular weight excluding hydrogens is 380 g/mol. The van der Waals surface area contributed by atoms with Crippen LogP contribution in [0.3, 0.4) is 0 Å². The molecule has 3 aromatic rings. The average Bonchev–Trinajstić information content (AvgIpc) is 3.18. The quantitative estimate of drug-likeness (QED) is 0.474. The second-order valence-corrected chi connectivity index (χ2v) is 8.34. The van der Waals surface area contributed by atoms with Crippen molar-refractivity contribution < 1.29 is 9.53 Å². The molecule has 1 aromatic heterocycles. The molecule has 0 bridgehead atoms. The molecular formula is C24H28N2O2S. The second-order valence-electron chi connectivity index (χ2n) is 7.39. The van der Waals surface area contributed by atoms with Crippen molar-refractivity contribution in [2.24, 2.45) is 0 Å². The van der Waals surface area contributed by atoms with Crippen LogP contribution in [0.25, 0.3) is 0 Å². The summed E-state index contributed by atoms with van der Waals surface area (Å²) in [6.45, 7) is 9.18. The van der Waals surface area contributed by atoms with E-state index >= 15 is 0 Å². The lowest BCUT2D eigenvalue weighted by Crippen LogP contribution is -2.38. The summed E-state index contributed by atoms with van der Waals surface area (Å²) in [5, 5.41) is 2.93. The zero-order valence-electron chi connectivity index (χ0n) is 17.5. The van der Waals surface area contributed by atoms with Gasteiger partial charge in [-0.05, 0) is 51.5 Å². The monoisotopic (exact) mass is 408 g/mol. The lowest BCUT2D eigenvalue weighted by Gasteiger charge is -2.28. The number of nitrogens with zero attached hydrogens (tertiary/aromatic N) is 2. The molecule has 0 fully saturated rings. The molecule has 0 saturated carbocycles. The van der Waals surface area contributed by atoms with Crippen molar-refractivity contribution in [2.45, 2.75) is 53.3 Å². The number of ether oxygens (including phenoxy) is 1. The first kappa shape index (κ1) is 21.1. The van der Waals surface area contributed by atoms with Crippen LogP contribution in [-0.2, 0) is 13.2 Å². The summed E-state index contributed by atoms with van der Waals surface area (Å²) in [5.74, 6) is 0.886. The average molecular weight is 409 g/mol. The Kier molecular flexibility index (Phi) is 7.04. The maximum atomic E-state index is 13.1. The maximum absolute atomic E-state index is 13.1. The lowest BCUT2D eigenvalue weighted by atomic mass is 10.1. The number of hydrogen-bond donors (Lipinski definition) is 0. The van der Waals surface area contributed by atoms with E-state index in [1.165, 1.54) is 5.56 Å². The van der Waals surface area contributed by atoms with E-state index in [4.69, 9.17) is 9.72 Å². The third kappa shape index (κ3) is 5.67. The Bertz CT molecular complexity index is 950. The Morgan fingerprint density at radius 1 is 1.14 bits per heavy atom. The van der Waals surface area contributed by atoms with Crippen LogP contribution in [0.1, 0.15) is 52.5 Å². The van der Waals surface area contributed by atoms with Gasteiger partial charge in [0.1, 0.15) is 17.4 Å². The van der Waals surface area contributed by atoms with Crippen LogP contribution >= 0.6 is 11.3 Å². The molecule has 4 nitrogen and oxygen atoms in total. The molecule has 3 rings (SSSR count). The summed E-state index contributed by atoms with van der Waals surface area (Å²) in [6.07, 6.45) is 0.894. The van der Waals surface area contributed by atoms with Gasteiger partial charge in [0.15, 0.2) is 0 Å². The van der Waals surface area contributed by atoms with E-state index in [9.17, 15) is 4.79 Å². The van der Waals surface area contributed by atoms with Crippen LogP contribution < -0.4 is 4.74 Å². The molecule has 1 amide bonds. The number of benzene rings is 2. The van der Waals surface area contributed by atoms with Crippen molar-refractivity contribution >= 4 is 17.2 Å². The first-order chi connectivity index (χ1) is 14.0. The fraction of sp³-hybridized carbons (Fsp3) is 0.333. The minimum Gasteiger partial charge on any atom is -0.486 e. The van der Waals surface area contributed by atoms with Crippen LogP contribution in [-0.4, -0.2) is 21.8 Å². The first-order valence-corrected chi connectivity index (χ1v) is 10.8. The van der Waals surface area contributed by atoms with Crippen molar-refractivity contribution in [3.05, 3.63) is 81.3 Å². The molecule has 1 heterocycles. The molecule has 0 saturated heterocycles. The Morgan fingerprint density at radius 2 is 1.90 bits per heavy atom. The highest BCUT2D eigenvalue weighted by molar-refractivity contribution is 7.09. The fourth-order valence-electron chi connectivity index (χ4n) is 3.03. The molecule has 0 aliphatic heterocycles. The van der Waals surface area contributed by atoms with Crippen LogP contribution in [0, 0.1) is 13.8 Å². The molecule has 0 radical (unpaired) electrons. The molecule has 29 heavy (non-hydrogen) atoms. The van der Waals surface area contributed by atoms with Crippen molar-refractivity contribution in [3.8, 4) is 5.75 Å². The number of amides is 1. The number of thiazole rings is 1. The van der Waals surface area contributed by atoms with Crippen LogP contribution in [0.15, 0.2) is 53.9 Å². The number of hydrogen-bond acceptors (Lipinski definition) is 4. The number of rotatable bonds is 8. The summed E-state index contributed by atoms with van der Waals surface area (Å²) in [7, 11) is 0. The number of aromatic nitrogens is 1. The fourth-order valence-corrected chi connectivity index (χ4v) is 3.73. The summed E-state index contributed by atoms with van der Waals surface area (Å²) >= 11 is 1.57. The van der Waals surface area contributed by atoms with E-state index < -0.39 is 0 Å². The van der Waals surface area contributed by atoms with Gasteiger partial charge in [0, 0.05) is 17.0 Å². The van der Waals surface area contributed by atoms with Crippen molar-refractivity contribution in [1.29, 1.82) is 0 Å². The highest BCUT2D eigenvalue weighted by Gasteiger charge is 2.22. The van der Waals surface area contributed by atoms with E-state index in [1.807, 2.05) is 65.7 Å². The van der Waals surface area contributed by atoms with Gasteiger partial charge in [0.2, 0.25) is 0 Å². The number of aryl methyl sites for hydroxylation is 2. The molecule has 1 atom stereocenters. The number of carbonyl (C=O) groups is 1. The summed E-state index contributed by atoms with van der Waals surface area (Å²) in [4.78, 5) is 19.7. The maximum Gasteiger partial charge on any atom is 0.254 e. The summed E-state index contributed by atoms with van der Waals surface area (Å²) in [6, 6.07) is 15.9. The molecule has 0 aliphatic carbocycles. The van der Waals surface area contributed by atoms with E-state index in [-0.39, 0.29) is 11.9 Å². The zero-order valence-corrected chi connectivity index (χ0v) is 18.3. The Balaban J connectivity index is 1.68. The molecule has 152 valence electrons. The number of carbonyl (C=O) groups excluding carboxylic acids is 1. The van der Waals surface area contributed by atoms with Crippen LogP contribution in [0.2, 0.25) is 0 Å².